The number of methoxy groups -OCH3 is 1. The normalized spacial score (nSPS) is 16.8. The van der Waals surface area contributed by atoms with Crippen LogP contribution in [0.2, 0.25) is 0 Å². The average Bonchev–Trinajstić information content (AvgIpc) is 3.23. The van der Waals surface area contributed by atoms with E-state index in [9.17, 15) is 9.59 Å². The fourth-order valence-corrected chi connectivity index (χ4v) is 4.20. The van der Waals surface area contributed by atoms with Gasteiger partial charge in [-0.15, -0.1) is 0 Å². The Morgan fingerprint density at radius 3 is 2.59 bits per heavy atom. The van der Waals surface area contributed by atoms with Crippen LogP contribution < -0.4 is 16.0 Å². The van der Waals surface area contributed by atoms with Crippen molar-refractivity contribution in [2.45, 2.75) is 32.9 Å². The Hall–Kier alpha value is -4.55. The van der Waals surface area contributed by atoms with Crippen molar-refractivity contribution in [2.24, 2.45) is 9.98 Å². The van der Waals surface area contributed by atoms with Gasteiger partial charge in [0, 0.05) is 41.2 Å². The number of fused-ring (bicyclic) bond motifs is 1. The zero-order chi connectivity index (χ0) is 26.5. The predicted octanol–water partition coefficient (Wildman–Crippen LogP) is 3.75. The van der Waals surface area contributed by atoms with Gasteiger partial charge in [-0.3, -0.25) is 14.6 Å². The van der Waals surface area contributed by atoms with E-state index in [2.05, 4.69) is 25.9 Å². The number of nitrogens with one attached hydrogen (secondary N) is 3. The summed E-state index contributed by atoms with van der Waals surface area (Å²) in [5, 5.41) is 18.2. The van der Waals surface area contributed by atoms with Crippen molar-refractivity contribution in [1.82, 2.24) is 5.32 Å². The maximum absolute atomic E-state index is 12.9. The molecule has 1 unspecified atom stereocenters. The number of aryl methyl sites for hydroxylation is 1. The summed E-state index contributed by atoms with van der Waals surface area (Å²) in [4.78, 5) is 34.5. The summed E-state index contributed by atoms with van der Waals surface area (Å²) >= 11 is 0. The van der Waals surface area contributed by atoms with Crippen molar-refractivity contribution < 1.29 is 14.3 Å². The molecule has 0 bridgehead atoms. The molecule has 37 heavy (non-hydrogen) atoms. The molecule has 1 aliphatic carbocycles. The number of ether oxygens (including phenoxy) is 1. The van der Waals surface area contributed by atoms with Gasteiger partial charge >= 0.3 is 0 Å². The smallest absolute Gasteiger partial charge is 0.255 e. The summed E-state index contributed by atoms with van der Waals surface area (Å²) in [7, 11) is 1.60. The van der Waals surface area contributed by atoms with Gasteiger partial charge in [-0.05, 0) is 74.4 Å². The lowest BCUT2D eigenvalue weighted by Gasteiger charge is -2.20. The van der Waals surface area contributed by atoms with E-state index in [1.54, 1.807) is 31.4 Å². The van der Waals surface area contributed by atoms with E-state index in [0.717, 1.165) is 22.4 Å². The van der Waals surface area contributed by atoms with Gasteiger partial charge in [0.2, 0.25) is 0 Å². The minimum atomic E-state index is -0.307. The van der Waals surface area contributed by atoms with Crippen LogP contribution in [0, 0.1) is 18.3 Å². The van der Waals surface area contributed by atoms with Crippen LogP contribution in [0.5, 0.6) is 0 Å². The van der Waals surface area contributed by atoms with E-state index in [1.807, 2.05) is 51.1 Å². The molecule has 188 valence electrons. The number of nitriles is 1. The number of hydrogen-bond donors (Lipinski definition) is 3. The van der Waals surface area contributed by atoms with Crippen LogP contribution in [0.4, 0.5) is 11.4 Å². The first kappa shape index (κ1) is 25.5. The fraction of sp³-hybridized carbons (Fsp3) is 0.250. The molecule has 9 nitrogen and oxygen atoms in total. The van der Waals surface area contributed by atoms with Gasteiger partial charge in [0.05, 0.1) is 24.3 Å². The second-order valence-electron chi connectivity index (χ2n) is 8.93. The van der Waals surface area contributed by atoms with Gasteiger partial charge < -0.3 is 20.7 Å². The molecule has 0 spiro atoms. The largest absolute Gasteiger partial charge is 0.383 e. The lowest BCUT2D eigenvalue weighted by Crippen LogP contribution is -2.36. The number of carbonyl (C=O) groups is 2. The van der Waals surface area contributed by atoms with Crippen LogP contribution in [-0.4, -0.2) is 49.8 Å². The van der Waals surface area contributed by atoms with Crippen molar-refractivity contribution in [3.8, 4) is 6.07 Å². The predicted molar refractivity (Wildman–Crippen MR) is 144 cm³/mol. The van der Waals surface area contributed by atoms with Crippen LogP contribution in [0.3, 0.4) is 0 Å². The van der Waals surface area contributed by atoms with Crippen LogP contribution in [0.1, 0.15) is 35.3 Å². The Bertz CT molecular complexity index is 1400. The summed E-state index contributed by atoms with van der Waals surface area (Å²) in [6, 6.07) is 13.6. The van der Waals surface area contributed by atoms with Crippen LogP contribution >= 0.6 is 0 Å². The number of amidine groups is 1. The average molecular weight is 497 g/mol. The van der Waals surface area contributed by atoms with Gasteiger partial charge in [0.15, 0.2) is 0 Å². The van der Waals surface area contributed by atoms with Crippen LogP contribution in [0.25, 0.3) is 0 Å². The van der Waals surface area contributed by atoms with Crippen LogP contribution in [0.15, 0.2) is 75.2 Å². The zero-order valence-electron chi connectivity index (χ0n) is 21.1. The zero-order valence-corrected chi connectivity index (χ0v) is 21.1. The molecule has 2 aromatic rings. The molecule has 9 heteroatoms. The third-order valence-corrected chi connectivity index (χ3v) is 6.16. The first-order valence-electron chi connectivity index (χ1n) is 11.8. The molecule has 0 fully saturated rings. The number of aliphatic imine (C=N–C) groups is 2. The lowest BCUT2D eigenvalue weighted by molar-refractivity contribution is -0.118. The fourth-order valence-electron chi connectivity index (χ4n) is 4.20. The molecule has 1 aliphatic heterocycles. The van der Waals surface area contributed by atoms with E-state index in [-0.39, 0.29) is 23.9 Å². The van der Waals surface area contributed by atoms with Gasteiger partial charge in [-0.1, -0.05) is 6.07 Å². The third-order valence-electron chi connectivity index (χ3n) is 6.16. The van der Waals surface area contributed by atoms with E-state index >= 15 is 0 Å². The Morgan fingerprint density at radius 2 is 1.89 bits per heavy atom. The first-order valence-corrected chi connectivity index (χ1v) is 11.8. The molecule has 2 atom stereocenters. The molecule has 1 heterocycles. The molecule has 2 aromatic carbocycles. The highest BCUT2D eigenvalue weighted by Gasteiger charge is 2.32. The SMILES string of the molecule is COC[C@H](C)NC(=O)C1=CC2N=CN=C(Nc3cc(NC(=O)c4ccc(C#N)cc4)ccc3C)C2=C1C. The monoisotopic (exact) mass is 496 g/mol. The van der Waals surface area contributed by atoms with Crippen molar-refractivity contribution in [3.05, 3.63) is 82.0 Å². The molecule has 0 saturated heterocycles. The van der Waals surface area contributed by atoms with E-state index in [4.69, 9.17) is 10.00 Å². The second-order valence-corrected chi connectivity index (χ2v) is 8.93. The summed E-state index contributed by atoms with van der Waals surface area (Å²) < 4.78 is 5.11. The Balaban J connectivity index is 1.52. The maximum Gasteiger partial charge on any atom is 0.255 e. The maximum atomic E-state index is 12.9. The summed E-state index contributed by atoms with van der Waals surface area (Å²) in [5.74, 6) is 0.140. The summed E-state index contributed by atoms with van der Waals surface area (Å²) in [6.45, 7) is 6.14. The highest BCUT2D eigenvalue weighted by molar-refractivity contribution is 6.17. The number of nitrogens with zero attached hydrogens (tertiary/aromatic N) is 3. The van der Waals surface area contributed by atoms with Gasteiger partial charge in [0.1, 0.15) is 12.2 Å². The minimum absolute atomic E-state index is 0.126. The van der Waals surface area contributed by atoms with E-state index in [0.29, 0.717) is 34.8 Å². The molecule has 3 N–H and O–H groups in total. The molecule has 4 rings (SSSR count). The van der Waals surface area contributed by atoms with E-state index in [1.165, 1.54) is 6.34 Å². The Morgan fingerprint density at radius 1 is 1.14 bits per heavy atom. The second kappa shape index (κ2) is 11.0. The molecule has 2 aliphatic rings. The van der Waals surface area contributed by atoms with E-state index < -0.39 is 0 Å². The topological polar surface area (TPSA) is 128 Å². The number of hydrogen-bond acceptors (Lipinski definition) is 7. The molecular weight excluding hydrogens is 468 g/mol. The number of carbonyl (C=O) groups excluding carboxylic acids is 2. The van der Waals surface area contributed by atoms with Crippen LogP contribution in [-0.2, 0) is 9.53 Å². The molecule has 0 radical (unpaired) electrons. The molecular formula is C28H28N6O3. The van der Waals surface area contributed by atoms with Crippen molar-refractivity contribution in [2.75, 3.05) is 24.4 Å². The number of amides is 2. The summed E-state index contributed by atoms with van der Waals surface area (Å²) in [6.07, 6.45) is 3.33. The van der Waals surface area contributed by atoms with Crippen molar-refractivity contribution in [1.29, 1.82) is 5.26 Å². The van der Waals surface area contributed by atoms with Crippen molar-refractivity contribution >= 4 is 35.4 Å². The first-order chi connectivity index (χ1) is 17.8. The molecule has 0 saturated carbocycles. The Labute approximate surface area is 215 Å². The molecule has 2 amide bonds. The number of rotatable bonds is 7. The lowest BCUT2D eigenvalue weighted by atomic mass is 10.0. The highest BCUT2D eigenvalue weighted by Crippen LogP contribution is 2.32. The third kappa shape index (κ3) is 5.66. The minimum Gasteiger partial charge on any atom is -0.383 e. The van der Waals surface area contributed by atoms with Gasteiger partial charge in [-0.25, -0.2) is 4.99 Å². The quantitative estimate of drug-likeness (QED) is 0.538. The molecule has 0 aromatic heterocycles. The number of anilines is 2. The number of benzene rings is 2. The standard InChI is InChI=1S/C28H28N6O3/c1-16-5-10-21(33-27(35)20-8-6-19(13-29)7-9-20)11-23(16)34-26-25-18(3)22(12-24(25)30-15-31-26)28(36)32-17(2)14-37-4/h5-12,15,17,24H,14H2,1-4H3,(H,32,36)(H,33,35)(H,30,31,34)/t17-,24?/m0/s1. The highest BCUT2D eigenvalue weighted by atomic mass is 16.5. The van der Waals surface area contributed by atoms with Gasteiger partial charge in [0.25, 0.3) is 11.8 Å². The Kier molecular flexibility index (Phi) is 7.60. The van der Waals surface area contributed by atoms with Crippen molar-refractivity contribution in [3.63, 3.8) is 0 Å². The van der Waals surface area contributed by atoms with Gasteiger partial charge in [-0.2, -0.15) is 5.26 Å². The summed E-state index contributed by atoms with van der Waals surface area (Å²) in [5.41, 5.74) is 5.46.